The van der Waals surface area contributed by atoms with Crippen LogP contribution in [0.5, 0.6) is 11.6 Å². The van der Waals surface area contributed by atoms with Crippen molar-refractivity contribution in [1.29, 1.82) is 0 Å². The Hall–Kier alpha value is -2.69. The zero-order chi connectivity index (χ0) is 25.7. The summed E-state index contributed by atoms with van der Waals surface area (Å²) in [5.74, 6) is -0.00324. The first-order chi connectivity index (χ1) is 17.2. The minimum atomic E-state index is -3.69. The maximum absolute atomic E-state index is 13.2. The smallest absolute Gasteiger partial charge is 0.240 e. The maximum atomic E-state index is 13.2. The molecule has 5 rings (SSSR count). The lowest BCUT2D eigenvalue weighted by molar-refractivity contribution is -0.130. The van der Waals surface area contributed by atoms with Gasteiger partial charge in [-0.2, -0.15) is 0 Å². The molecule has 2 N–H and O–H groups in total. The Labute approximate surface area is 214 Å². The number of nitrogens with one attached hydrogen (secondary N) is 2. The number of pyridine rings is 1. The van der Waals surface area contributed by atoms with Crippen LogP contribution in [0.25, 0.3) is 10.8 Å². The van der Waals surface area contributed by atoms with Gasteiger partial charge in [0.05, 0.1) is 30.0 Å². The first-order valence-corrected chi connectivity index (χ1v) is 13.8. The highest BCUT2D eigenvalue weighted by Crippen LogP contribution is 2.56. The lowest BCUT2D eigenvalue weighted by Gasteiger charge is -2.18. The monoisotopic (exact) mass is 533 g/mol. The predicted octanol–water partition coefficient (Wildman–Crippen LogP) is 2.77. The van der Waals surface area contributed by atoms with Gasteiger partial charge in [-0.25, -0.2) is 13.4 Å². The van der Waals surface area contributed by atoms with Crippen LogP contribution in [-0.4, -0.2) is 56.1 Å². The third-order valence-electron chi connectivity index (χ3n) is 7.31. The Morgan fingerprint density at radius 3 is 2.78 bits per heavy atom. The molecule has 0 radical (unpaired) electrons. The molecule has 0 unspecified atom stereocenters. The Bertz CT molecular complexity index is 1340. The van der Waals surface area contributed by atoms with Crippen LogP contribution < -0.4 is 19.5 Å². The van der Waals surface area contributed by atoms with Gasteiger partial charge < -0.3 is 14.8 Å². The summed E-state index contributed by atoms with van der Waals surface area (Å²) in [6.45, 7) is 4.17. The molecule has 0 spiro atoms. The summed E-state index contributed by atoms with van der Waals surface area (Å²) >= 11 is 6.19. The molecule has 1 amide bonds. The van der Waals surface area contributed by atoms with Crippen molar-refractivity contribution in [3.8, 4) is 11.6 Å². The second kappa shape index (κ2) is 9.32. The molecule has 4 atom stereocenters. The topological polar surface area (TPSA) is 124 Å². The lowest BCUT2D eigenvalue weighted by Crippen LogP contribution is -2.42. The fraction of sp³-hybridized carbons (Fsp3) is 0.480. The minimum Gasteiger partial charge on any atom is -0.494 e. The van der Waals surface area contributed by atoms with E-state index in [9.17, 15) is 18.0 Å². The van der Waals surface area contributed by atoms with E-state index in [2.05, 4.69) is 21.6 Å². The van der Waals surface area contributed by atoms with Crippen molar-refractivity contribution >= 4 is 44.1 Å². The lowest BCUT2D eigenvalue weighted by atomic mass is 9.92. The predicted molar refractivity (Wildman–Crippen MR) is 135 cm³/mol. The van der Waals surface area contributed by atoms with Crippen molar-refractivity contribution < 1.29 is 27.5 Å². The highest BCUT2D eigenvalue weighted by Gasteiger charge is 2.60. The van der Waals surface area contributed by atoms with Crippen molar-refractivity contribution in [2.75, 3.05) is 13.7 Å². The van der Waals surface area contributed by atoms with Crippen LogP contribution in [0.15, 0.2) is 37.1 Å². The molecule has 1 aliphatic heterocycles. The van der Waals surface area contributed by atoms with Gasteiger partial charge in [0.2, 0.25) is 21.8 Å². The number of carbonyl (C=O) groups excluding carboxylic acids is 2. The molecule has 1 aromatic carbocycles. The van der Waals surface area contributed by atoms with Crippen molar-refractivity contribution in [2.45, 2.75) is 49.5 Å². The minimum absolute atomic E-state index is 0.0561. The maximum Gasteiger partial charge on any atom is 0.240 e. The Balaban J connectivity index is 1.26. The van der Waals surface area contributed by atoms with Crippen molar-refractivity contribution in [3.63, 3.8) is 0 Å². The van der Waals surface area contributed by atoms with Gasteiger partial charge in [-0.15, -0.1) is 6.58 Å². The zero-order valence-corrected chi connectivity index (χ0v) is 21.4. The number of amides is 1. The average molecular weight is 534 g/mol. The first-order valence-electron chi connectivity index (χ1n) is 11.9. The molecule has 2 aromatic rings. The summed E-state index contributed by atoms with van der Waals surface area (Å²) in [5.41, 5.74) is -1.06. The molecule has 2 saturated carbocycles. The number of benzene rings is 1. The molecule has 1 aromatic heterocycles. The van der Waals surface area contributed by atoms with Gasteiger partial charge in [-0.3, -0.25) is 14.3 Å². The third kappa shape index (κ3) is 4.69. The highest BCUT2D eigenvalue weighted by molar-refractivity contribution is 7.90. The molecule has 36 heavy (non-hydrogen) atoms. The van der Waals surface area contributed by atoms with Crippen LogP contribution in [0, 0.1) is 11.3 Å². The fourth-order valence-corrected chi connectivity index (χ4v) is 6.49. The highest BCUT2D eigenvalue weighted by atomic mass is 35.5. The number of halogens is 1. The molecule has 9 nitrogen and oxygen atoms in total. The molecule has 192 valence electrons. The van der Waals surface area contributed by atoms with Crippen molar-refractivity contribution in [2.24, 2.45) is 11.3 Å². The van der Waals surface area contributed by atoms with E-state index in [0.29, 0.717) is 54.3 Å². The summed E-state index contributed by atoms with van der Waals surface area (Å²) in [6.07, 6.45) is 4.73. The number of Topliss-reactive ketones (excluding diaryl/α,β-unsaturated/α-hetero) is 1. The largest absolute Gasteiger partial charge is 0.494 e. The number of nitrogens with zero attached hydrogens (tertiary/aromatic N) is 1. The second-order valence-corrected chi connectivity index (χ2v) is 12.2. The number of ether oxygens (including phenoxy) is 2. The van der Waals surface area contributed by atoms with Gasteiger partial charge in [0.25, 0.3) is 0 Å². The van der Waals surface area contributed by atoms with Crippen LogP contribution in [0.3, 0.4) is 0 Å². The summed E-state index contributed by atoms with van der Waals surface area (Å²) < 4.78 is 38.3. The number of carbonyl (C=O) groups is 2. The first kappa shape index (κ1) is 25.0. The van der Waals surface area contributed by atoms with Crippen LogP contribution in [0.4, 0.5) is 0 Å². The number of ketones is 1. The summed E-state index contributed by atoms with van der Waals surface area (Å²) in [6, 6.07) is 4.84. The van der Waals surface area contributed by atoms with Crippen LogP contribution >= 0.6 is 11.6 Å². The fourth-order valence-electron chi connectivity index (χ4n) is 4.93. The van der Waals surface area contributed by atoms with Gasteiger partial charge >= 0.3 is 0 Å². The van der Waals surface area contributed by atoms with Gasteiger partial charge in [0.15, 0.2) is 5.78 Å². The van der Waals surface area contributed by atoms with Crippen LogP contribution in [0.1, 0.15) is 32.1 Å². The number of sulfonamides is 1. The molecular formula is C25H28ClN3O6S. The molecule has 2 heterocycles. The van der Waals surface area contributed by atoms with E-state index in [1.54, 1.807) is 31.5 Å². The molecule has 3 fully saturated rings. The molecule has 2 aliphatic carbocycles. The molecule has 3 aliphatic rings. The summed E-state index contributed by atoms with van der Waals surface area (Å²) in [5, 5.41) is 4.72. The van der Waals surface area contributed by atoms with E-state index < -0.39 is 32.6 Å². The number of aromatic nitrogens is 1. The number of allylic oxidation sites excluding steroid dienone is 1. The summed E-state index contributed by atoms with van der Waals surface area (Å²) in [4.78, 5) is 30.5. The van der Waals surface area contributed by atoms with E-state index in [-0.39, 0.29) is 24.2 Å². The van der Waals surface area contributed by atoms with Crippen molar-refractivity contribution in [3.05, 3.63) is 42.1 Å². The van der Waals surface area contributed by atoms with Gasteiger partial charge in [-0.05, 0) is 43.4 Å². The van der Waals surface area contributed by atoms with E-state index >= 15 is 0 Å². The molecule has 1 saturated heterocycles. The molecule has 11 heteroatoms. The van der Waals surface area contributed by atoms with Crippen molar-refractivity contribution in [1.82, 2.24) is 15.0 Å². The Morgan fingerprint density at radius 2 is 2.11 bits per heavy atom. The van der Waals surface area contributed by atoms with Gasteiger partial charge in [0, 0.05) is 35.2 Å². The SMILES string of the molecule is C=C[C@@H]1C[C@]1(CC(=O)[C@@H]1C[C@@H](Oc2ncc(OC)c3ccc(Cl)cc23)CN1)C(=O)NS(=O)(=O)C1CC1. The van der Waals surface area contributed by atoms with Crippen LogP contribution in [0.2, 0.25) is 5.02 Å². The summed E-state index contributed by atoms with van der Waals surface area (Å²) in [7, 11) is -2.13. The van der Waals surface area contributed by atoms with E-state index in [1.165, 1.54) is 0 Å². The Morgan fingerprint density at radius 1 is 1.33 bits per heavy atom. The molecule has 0 bridgehead atoms. The van der Waals surface area contributed by atoms with Crippen LogP contribution in [-0.2, 0) is 19.6 Å². The average Bonchev–Trinajstić information content (AvgIpc) is 3.76. The number of hydrogen-bond acceptors (Lipinski definition) is 8. The zero-order valence-electron chi connectivity index (χ0n) is 19.8. The third-order valence-corrected chi connectivity index (χ3v) is 9.37. The van der Waals surface area contributed by atoms with Gasteiger partial charge in [-0.1, -0.05) is 17.7 Å². The molecular weight excluding hydrogens is 506 g/mol. The van der Waals surface area contributed by atoms with E-state index in [4.69, 9.17) is 21.1 Å². The van der Waals surface area contributed by atoms with E-state index in [1.807, 2.05) is 6.07 Å². The van der Waals surface area contributed by atoms with E-state index in [0.717, 1.165) is 5.39 Å². The van der Waals surface area contributed by atoms with Gasteiger partial charge in [0.1, 0.15) is 11.9 Å². The number of methoxy groups -OCH3 is 1. The number of fused-ring (bicyclic) bond motifs is 1. The Kier molecular flexibility index (Phi) is 6.46. The second-order valence-electron chi connectivity index (χ2n) is 9.78. The number of rotatable bonds is 10. The quantitative estimate of drug-likeness (QED) is 0.447. The number of hydrogen-bond donors (Lipinski definition) is 2. The standard InChI is InChI=1S/C25H28ClN3O6S/c1-3-14-10-25(14,24(31)29-36(32,33)17-5-6-17)11-21(30)20-9-16(12-27-20)35-23-19-8-15(26)4-7-18(19)22(34-2)13-28-23/h3-4,7-8,13-14,16-17,20,27H,1,5-6,9-12H2,2H3,(H,29,31)/t14-,16-,20+,25-/m1/s1. The normalized spacial score (nSPS) is 27.4.